The molecule has 2 atom stereocenters. The van der Waals surface area contributed by atoms with Crippen LogP contribution >= 0.6 is 11.3 Å². The van der Waals surface area contributed by atoms with Gasteiger partial charge >= 0.3 is 0 Å². The standard InChI is InChI=1S/C18H19N5O2S/c24-17(11-5-15(26-10-11)12-8-20-21-9-12)23-13-1-2-14(23)7-18(25,6-13)16-3-4-19-22-16/h3-5,8-10,13-14,25H,1-2,6-7H2,(H,19,22)(H,20,21). The fourth-order valence-electron chi connectivity index (χ4n) is 4.43. The smallest absolute Gasteiger partial charge is 0.255 e. The van der Waals surface area contributed by atoms with Crippen LogP contribution in [-0.4, -0.2) is 48.4 Å². The molecule has 2 fully saturated rings. The lowest BCUT2D eigenvalue weighted by Crippen LogP contribution is -2.52. The molecule has 134 valence electrons. The van der Waals surface area contributed by atoms with Gasteiger partial charge in [0.15, 0.2) is 0 Å². The number of piperidine rings is 1. The molecule has 8 heteroatoms. The molecule has 0 radical (unpaired) electrons. The number of carbonyl (C=O) groups is 1. The highest BCUT2D eigenvalue weighted by Gasteiger charge is 2.50. The zero-order chi connectivity index (χ0) is 17.7. The lowest BCUT2D eigenvalue weighted by molar-refractivity contribution is -0.0508. The molecule has 5 heterocycles. The molecule has 1 amide bonds. The van der Waals surface area contributed by atoms with Crippen molar-refractivity contribution in [1.82, 2.24) is 25.3 Å². The molecule has 0 aliphatic carbocycles. The number of carbonyl (C=O) groups excluding carboxylic acids is 1. The van der Waals surface area contributed by atoms with Gasteiger partial charge in [0, 0.05) is 53.1 Å². The number of nitrogens with one attached hydrogen (secondary N) is 2. The number of aromatic nitrogens is 4. The van der Waals surface area contributed by atoms with E-state index < -0.39 is 5.60 Å². The summed E-state index contributed by atoms with van der Waals surface area (Å²) in [5, 5.41) is 26.7. The summed E-state index contributed by atoms with van der Waals surface area (Å²) in [6, 6.07) is 3.89. The van der Waals surface area contributed by atoms with E-state index in [1.54, 1.807) is 23.7 Å². The molecule has 2 unspecified atom stereocenters. The minimum Gasteiger partial charge on any atom is -0.383 e. The van der Waals surface area contributed by atoms with Crippen molar-refractivity contribution < 1.29 is 9.90 Å². The van der Waals surface area contributed by atoms with E-state index in [-0.39, 0.29) is 18.0 Å². The minimum absolute atomic E-state index is 0.0619. The molecule has 0 spiro atoms. The third kappa shape index (κ3) is 2.40. The number of rotatable bonds is 3. The second-order valence-electron chi connectivity index (χ2n) is 7.19. The van der Waals surface area contributed by atoms with Gasteiger partial charge in [-0.2, -0.15) is 10.2 Å². The SMILES string of the molecule is O=C(c1csc(-c2cn[nH]c2)c1)N1C2CCC1CC(O)(c1ccn[nH]1)C2. The van der Waals surface area contributed by atoms with Crippen LogP contribution in [-0.2, 0) is 5.60 Å². The summed E-state index contributed by atoms with van der Waals surface area (Å²) in [5.41, 5.74) is 1.54. The van der Waals surface area contributed by atoms with Crippen molar-refractivity contribution in [3.63, 3.8) is 0 Å². The summed E-state index contributed by atoms with van der Waals surface area (Å²) in [7, 11) is 0. The Kier molecular flexibility index (Phi) is 3.51. The number of hydrogen-bond donors (Lipinski definition) is 3. The highest BCUT2D eigenvalue weighted by atomic mass is 32.1. The summed E-state index contributed by atoms with van der Waals surface area (Å²) in [5.74, 6) is 0.0650. The van der Waals surface area contributed by atoms with Crippen molar-refractivity contribution in [3.8, 4) is 10.4 Å². The Labute approximate surface area is 154 Å². The van der Waals surface area contributed by atoms with Crippen LogP contribution in [0.2, 0.25) is 0 Å². The van der Waals surface area contributed by atoms with Gasteiger partial charge in [0.1, 0.15) is 5.60 Å². The summed E-state index contributed by atoms with van der Waals surface area (Å²) >= 11 is 1.55. The van der Waals surface area contributed by atoms with E-state index in [0.29, 0.717) is 12.8 Å². The lowest BCUT2D eigenvalue weighted by atomic mass is 9.83. The topological polar surface area (TPSA) is 97.9 Å². The van der Waals surface area contributed by atoms with E-state index >= 15 is 0 Å². The van der Waals surface area contributed by atoms with Crippen molar-refractivity contribution in [3.05, 3.63) is 47.4 Å². The van der Waals surface area contributed by atoms with Crippen LogP contribution in [0.4, 0.5) is 0 Å². The molecular weight excluding hydrogens is 350 g/mol. The first kappa shape index (κ1) is 15.8. The van der Waals surface area contributed by atoms with E-state index in [1.165, 1.54) is 0 Å². The summed E-state index contributed by atoms with van der Waals surface area (Å²) < 4.78 is 0. The second kappa shape index (κ2) is 5.78. The summed E-state index contributed by atoms with van der Waals surface area (Å²) in [6.45, 7) is 0. The number of aromatic amines is 2. The molecule has 0 saturated carbocycles. The Morgan fingerprint density at radius 2 is 2.12 bits per heavy atom. The third-order valence-corrected chi connectivity index (χ3v) is 6.61. The first-order chi connectivity index (χ1) is 12.6. The van der Waals surface area contributed by atoms with Crippen LogP contribution in [0, 0.1) is 0 Å². The highest BCUT2D eigenvalue weighted by Crippen LogP contribution is 2.46. The van der Waals surface area contributed by atoms with E-state index in [9.17, 15) is 9.90 Å². The highest BCUT2D eigenvalue weighted by molar-refractivity contribution is 7.13. The Morgan fingerprint density at radius 3 is 2.77 bits per heavy atom. The number of aliphatic hydroxyl groups is 1. The quantitative estimate of drug-likeness (QED) is 0.661. The molecule has 2 aliphatic heterocycles. The molecule has 3 aromatic rings. The molecule has 5 rings (SSSR count). The normalized spacial score (nSPS) is 27.8. The fourth-order valence-corrected chi connectivity index (χ4v) is 5.29. The minimum atomic E-state index is -0.921. The van der Waals surface area contributed by atoms with Gasteiger partial charge in [-0.1, -0.05) is 0 Å². The Bertz CT molecular complexity index is 903. The van der Waals surface area contributed by atoms with Crippen LogP contribution in [0.15, 0.2) is 36.1 Å². The van der Waals surface area contributed by atoms with Gasteiger partial charge < -0.3 is 10.0 Å². The van der Waals surface area contributed by atoms with E-state index in [0.717, 1.165) is 34.5 Å². The average molecular weight is 369 g/mol. The van der Waals surface area contributed by atoms with Crippen molar-refractivity contribution in [2.24, 2.45) is 0 Å². The largest absolute Gasteiger partial charge is 0.383 e. The van der Waals surface area contributed by atoms with Gasteiger partial charge in [-0.3, -0.25) is 15.0 Å². The van der Waals surface area contributed by atoms with Gasteiger partial charge in [-0.15, -0.1) is 11.3 Å². The van der Waals surface area contributed by atoms with E-state index in [4.69, 9.17) is 0 Å². The number of fused-ring (bicyclic) bond motifs is 2. The van der Waals surface area contributed by atoms with Crippen molar-refractivity contribution >= 4 is 17.2 Å². The van der Waals surface area contributed by atoms with E-state index in [2.05, 4.69) is 20.4 Å². The summed E-state index contributed by atoms with van der Waals surface area (Å²) in [4.78, 5) is 16.2. The molecule has 3 aromatic heterocycles. The number of hydrogen-bond acceptors (Lipinski definition) is 5. The predicted octanol–water partition coefficient (Wildman–Crippen LogP) is 2.52. The average Bonchev–Trinajstić information content (AvgIpc) is 3.41. The maximum absolute atomic E-state index is 13.1. The molecular formula is C18H19N5O2S. The zero-order valence-electron chi connectivity index (χ0n) is 14.1. The first-order valence-corrected chi connectivity index (χ1v) is 9.64. The third-order valence-electron chi connectivity index (χ3n) is 5.63. The maximum Gasteiger partial charge on any atom is 0.255 e. The molecule has 0 aromatic carbocycles. The predicted molar refractivity (Wildman–Crippen MR) is 96.6 cm³/mol. The van der Waals surface area contributed by atoms with Crippen LogP contribution in [0.1, 0.15) is 41.7 Å². The van der Waals surface area contributed by atoms with E-state index in [1.807, 2.05) is 28.6 Å². The van der Waals surface area contributed by atoms with Gasteiger partial charge in [-0.05, 0) is 25.0 Å². The lowest BCUT2D eigenvalue weighted by Gasteiger charge is -2.43. The molecule has 2 saturated heterocycles. The Morgan fingerprint density at radius 1 is 1.31 bits per heavy atom. The van der Waals surface area contributed by atoms with Crippen molar-refractivity contribution in [2.75, 3.05) is 0 Å². The molecule has 26 heavy (non-hydrogen) atoms. The van der Waals surface area contributed by atoms with Crippen molar-refractivity contribution in [2.45, 2.75) is 43.4 Å². The van der Waals surface area contributed by atoms with Gasteiger partial charge in [0.2, 0.25) is 0 Å². The maximum atomic E-state index is 13.1. The number of amides is 1. The van der Waals surface area contributed by atoms with Crippen LogP contribution in [0.3, 0.4) is 0 Å². The molecule has 7 nitrogen and oxygen atoms in total. The number of thiophene rings is 1. The Hall–Kier alpha value is -2.45. The molecule has 2 aliphatic rings. The molecule has 3 N–H and O–H groups in total. The van der Waals surface area contributed by atoms with Gasteiger partial charge in [0.25, 0.3) is 5.91 Å². The molecule has 2 bridgehead atoms. The second-order valence-corrected chi connectivity index (χ2v) is 8.11. The number of H-pyrrole nitrogens is 2. The monoisotopic (exact) mass is 369 g/mol. The van der Waals surface area contributed by atoms with Gasteiger partial charge in [-0.25, -0.2) is 0 Å². The van der Waals surface area contributed by atoms with Crippen LogP contribution < -0.4 is 0 Å². The summed E-state index contributed by atoms with van der Waals surface area (Å²) in [6.07, 6.45) is 8.23. The first-order valence-electron chi connectivity index (χ1n) is 8.77. The van der Waals surface area contributed by atoms with Crippen LogP contribution in [0.25, 0.3) is 10.4 Å². The number of nitrogens with zero attached hydrogens (tertiary/aromatic N) is 3. The van der Waals surface area contributed by atoms with Crippen LogP contribution in [0.5, 0.6) is 0 Å². The zero-order valence-corrected chi connectivity index (χ0v) is 14.9. The fraction of sp³-hybridized carbons (Fsp3) is 0.389. The van der Waals surface area contributed by atoms with Crippen molar-refractivity contribution in [1.29, 1.82) is 0 Å². The Balaban J connectivity index is 1.39. The van der Waals surface area contributed by atoms with Gasteiger partial charge in [0.05, 0.1) is 17.5 Å².